The number of hydrogen-bond donors (Lipinski definition) is 0. The van der Waals surface area contributed by atoms with Crippen LogP contribution in [0.3, 0.4) is 0 Å². The van der Waals surface area contributed by atoms with Crippen LogP contribution in [0.25, 0.3) is 0 Å². The van der Waals surface area contributed by atoms with Crippen LogP contribution in [0.4, 0.5) is 0 Å². The Kier molecular flexibility index (Phi) is 12.2. The van der Waals surface area contributed by atoms with Gasteiger partial charge in [-0.1, -0.05) is 0 Å². The van der Waals surface area contributed by atoms with Crippen molar-refractivity contribution in [3.05, 3.63) is 95.6 Å². The minimum absolute atomic E-state index is 0. The van der Waals surface area contributed by atoms with Crippen LogP contribution in [0.2, 0.25) is 3.72 Å². The zero-order valence-electron chi connectivity index (χ0n) is 17.3. The Morgan fingerprint density at radius 1 is 0.862 bits per heavy atom. The summed E-state index contributed by atoms with van der Waals surface area (Å²) < 4.78 is -0.0148. The third kappa shape index (κ3) is 5.23. The Morgan fingerprint density at radius 2 is 1.34 bits per heavy atom. The van der Waals surface area contributed by atoms with Crippen molar-refractivity contribution in [3.8, 4) is 0 Å². The molecule has 29 heavy (non-hydrogen) atoms. The minimum atomic E-state index is -0.0470. The van der Waals surface area contributed by atoms with Gasteiger partial charge in [0.1, 0.15) is 0 Å². The van der Waals surface area contributed by atoms with E-state index in [1.54, 1.807) is 5.57 Å². The molecule has 0 aromatic heterocycles. The predicted octanol–water partition coefficient (Wildman–Crippen LogP) is -1.97. The van der Waals surface area contributed by atoms with Gasteiger partial charge in [-0.25, -0.2) is 0 Å². The maximum absolute atomic E-state index is 2.46. The van der Waals surface area contributed by atoms with Crippen molar-refractivity contribution < 1.29 is 57.7 Å². The number of allylic oxidation sites excluding steroid dienone is 4. The van der Waals surface area contributed by atoms with Gasteiger partial charge < -0.3 is 37.2 Å². The van der Waals surface area contributed by atoms with Gasteiger partial charge in [0.25, 0.3) is 0 Å². The predicted molar refractivity (Wildman–Crippen MR) is 108 cm³/mol. The summed E-state index contributed by atoms with van der Waals surface area (Å²) in [4.78, 5) is 0. The van der Waals surface area contributed by atoms with Gasteiger partial charge in [-0.15, -0.1) is 0 Å². The van der Waals surface area contributed by atoms with E-state index >= 15 is 0 Å². The topological polar surface area (TPSA) is 0 Å². The van der Waals surface area contributed by atoms with Crippen LogP contribution < -0.4 is 37.2 Å². The zero-order valence-corrected chi connectivity index (χ0v) is 21.2. The van der Waals surface area contributed by atoms with Crippen molar-refractivity contribution in [2.75, 3.05) is 0 Å². The summed E-state index contributed by atoms with van der Waals surface area (Å²) in [5, 5.41) is 0. The fourth-order valence-corrected chi connectivity index (χ4v) is 5.93. The van der Waals surface area contributed by atoms with Crippen molar-refractivity contribution in [1.82, 2.24) is 0 Å². The maximum Gasteiger partial charge on any atom is -1.00 e. The average molecular weight is 484 g/mol. The van der Waals surface area contributed by atoms with Crippen molar-refractivity contribution in [2.45, 2.75) is 49.2 Å². The molecule has 1 aliphatic carbocycles. The van der Waals surface area contributed by atoms with E-state index in [0.29, 0.717) is 5.92 Å². The van der Waals surface area contributed by atoms with Gasteiger partial charge in [0, 0.05) is 0 Å². The number of rotatable bonds is 7. The number of benzene rings is 2. The summed E-state index contributed by atoms with van der Waals surface area (Å²) in [5.74, 6) is 0.531. The van der Waals surface area contributed by atoms with Crippen LogP contribution in [0.15, 0.2) is 84.5 Å². The summed E-state index contributed by atoms with van der Waals surface area (Å²) >= 11 is 2.46. The third-order valence-corrected chi connectivity index (χ3v) is 7.19. The second-order valence-electron chi connectivity index (χ2n) is 7.68. The standard InChI is InChI=1S/C25H29.3ClH.Ti/c1-4-5-19-25(21-13-8-6-9-14-21,22-15-10-7-11-16-22)24-18-12-17-23(24)20(2)3;;;;/h6-18,20H,4-5,19H2,1-3H3;3*1H;/q;;;;+3/p-3. The fraction of sp³-hybridized carbons (Fsp3) is 0.360. The smallest absolute Gasteiger partial charge is 1.00 e. The number of unbranched alkanes of at least 4 members (excludes halogenated alkanes) is 1. The first-order chi connectivity index (χ1) is 12.6. The molecule has 0 saturated heterocycles. The maximum atomic E-state index is 2.46. The van der Waals surface area contributed by atoms with Crippen molar-refractivity contribution >= 4 is 0 Å². The second kappa shape index (κ2) is 12.4. The van der Waals surface area contributed by atoms with Crippen LogP contribution in [0.5, 0.6) is 0 Å². The van der Waals surface area contributed by atoms with Gasteiger partial charge in [0.05, 0.1) is 0 Å². The molecule has 0 nitrogen and oxygen atoms in total. The first kappa shape index (κ1) is 28.5. The molecular weight excluding hydrogens is 455 g/mol. The molecule has 2 aromatic carbocycles. The molecule has 3 rings (SSSR count). The SMILES string of the molecule is CCCCC(c1ccccc1)(c1ccccc1)[C]1([Ti+3])C=CC=C1C(C)C.[Cl-].[Cl-].[Cl-]. The summed E-state index contributed by atoms with van der Waals surface area (Å²) in [5.41, 5.74) is 4.36. The van der Waals surface area contributed by atoms with Gasteiger partial charge >= 0.3 is 171 Å². The van der Waals surface area contributed by atoms with Gasteiger partial charge in [-0.2, -0.15) is 0 Å². The van der Waals surface area contributed by atoms with E-state index in [0.717, 1.165) is 6.42 Å². The van der Waals surface area contributed by atoms with E-state index in [-0.39, 0.29) is 46.4 Å². The van der Waals surface area contributed by atoms with Crippen LogP contribution in [-0.2, 0) is 25.9 Å². The van der Waals surface area contributed by atoms with Crippen LogP contribution in [0.1, 0.15) is 51.2 Å². The molecule has 4 heteroatoms. The van der Waals surface area contributed by atoms with Crippen LogP contribution in [0, 0.1) is 5.92 Å². The van der Waals surface area contributed by atoms with Crippen molar-refractivity contribution in [1.29, 1.82) is 0 Å². The van der Waals surface area contributed by atoms with E-state index < -0.39 is 0 Å². The largest absolute Gasteiger partial charge is 1.00 e. The fourth-order valence-electron chi connectivity index (χ4n) is 4.56. The Hall–Kier alpha value is -0.496. The van der Waals surface area contributed by atoms with E-state index in [2.05, 4.69) is 120 Å². The summed E-state index contributed by atoms with van der Waals surface area (Å²) in [6, 6.07) is 22.4. The number of halogens is 3. The average Bonchev–Trinajstić information content (AvgIpc) is 3.07. The molecule has 0 fully saturated rings. The van der Waals surface area contributed by atoms with Gasteiger partial charge in [-0.3, -0.25) is 0 Å². The molecule has 1 unspecified atom stereocenters. The molecular formula is C25H29Cl3Ti. The van der Waals surface area contributed by atoms with Gasteiger partial charge in [0.2, 0.25) is 0 Å². The molecule has 0 spiro atoms. The summed E-state index contributed by atoms with van der Waals surface area (Å²) in [6.07, 6.45) is 10.7. The minimum Gasteiger partial charge on any atom is -1.00 e. The third-order valence-electron chi connectivity index (χ3n) is 5.81. The molecule has 0 heterocycles. The molecule has 2 aromatic rings. The molecule has 0 bridgehead atoms. The summed E-state index contributed by atoms with van der Waals surface area (Å²) in [6.45, 7) is 6.96. The molecule has 0 amide bonds. The quantitative estimate of drug-likeness (QED) is 0.401. The normalized spacial score (nSPS) is 17.8. The Balaban J connectivity index is 0.00000261. The molecule has 0 radical (unpaired) electrons. The first-order valence-electron chi connectivity index (χ1n) is 9.82. The van der Waals surface area contributed by atoms with Gasteiger partial charge in [0.15, 0.2) is 0 Å². The first-order valence-corrected chi connectivity index (χ1v) is 10.6. The van der Waals surface area contributed by atoms with Crippen molar-refractivity contribution in [2.24, 2.45) is 5.92 Å². The second-order valence-corrected chi connectivity index (χ2v) is 8.92. The molecule has 0 aliphatic heterocycles. The Labute approximate surface area is 207 Å². The van der Waals surface area contributed by atoms with Gasteiger partial charge in [-0.05, 0) is 0 Å². The molecule has 1 atom stereocenters. The molecule has 1 aliphatic rings. The Morgan fingerprint density at radius 3 is 1.76 bits per heavy atom. The monoisotopic (exact) mass is 482 g/mol. The van der Waals surface area contributed by atoms with E-state index in [1.807, 2.05) is 0 Å². The Bertz CT molecular complexity index is 745. The van der Waals surface area contributed by atoms with E-state index in [4.69, 9.17) is 0 Å². The zero-order chi connectivity index (χ0) is 18.6. The molecule has 0 saturated carbocycles. The van der Waals surface area contributed by atoms with E-state index in [1.165, 1.54) is 24.0 Å². The van der Waals surface area contributed by atoms with E-state index in [9.17, 15) is 0 Å². The van der Waals surface area contributed by atoms with Crippen LogP contribution >= 0.6 is 0 Å². The van der Waals surface area contributed by atoms with Crippen LogP contribution in [-0.4, -0.2) is 0 Å². The van der Waals surface area contributed by atoms with Crippen molar-refractivity contribution in [3.63, 3.8) is 0 Å². The summed E-state index contributed by atoms with van der Waals surface area (Å²) in [7, 11) is 0. The number of hydrogen-bond acceptors (Lipinski definition) is 0. The molecule has 154 valence electrons. The molecule has 0 N–H and O–H groups in total.